The maximum absolute atomic E-state index is 13.2. The van der Waals surface area contributed by atoms with Crippen molar-refractivity contribution in [2.75, 3.05) is 18.1 Å². The van der Waals surface area contributed by atoms with Crippen LogP contribution < -0.4 is 5.32 Å². The van der Waals surface area contributed by atoms with Gasteiger partial charge in [-0.2, -0.15) is 4.31 Å². The number of hydrogen-bond donors (Lipinski definition) is 1. The molecule has 28 heavy (non-hydrogen) atoms. The van der Waals surface area contributed by atoms with E-state index < -0.39 is 15.9 Å². The summed E-state index contributed by atoms with van der Waals surface area (Å²) in [5, 5.41) is 3.54. The smallest absolute Gasteiger partial charge is 0.233 e. The average Bonchev–Trinajstić information content (AvgIpc) is 2.66. The number of carbonyl (C=O) groups is 1. The predicted molar refractivity (Wildman–Crippen MR) is 109 cm³/mol. The molecule has 1 aromatic heterocycles. The summed E-state index contributed by atoms with van der Waals surface area (Å²) in [5.74, 6) is -0.866. The van der Waals surface area contributed by atoms with Crippen molar-refractivity contribution >= 4 is 33.2 Å². The fraction of sp³-hybridized carbons (Fsp3) is 0.400. The third-order valence-corrected chi connectivity index (χ3v) is 6.98. The standard InChI is InChI=1S/C20H22ClN3O3S/c1-28(26,27)24-11-14-6-7-15(21)8-17(14)18(12-24)20(25)23-19-10-22-9-13-4-2-3-5-16(13)19/h6-10,18H,2-5,11-12H2,1H3,(H,23,25). The molecule has 2 aromatic rings. The number of halogens is 1. The number of carbonyl (C=O) groups excluding carboxylic acids is 1. The van der Waals surface area contributed by atoms with Gasteiger partial charge in [-0.15, -0.1) is 0 Å². The quantitative estimate of drug-likeness (QED) is 0.828. The first-order valence-corrected chi connectivity index (χ1v) is 11.6. The lowest BCUT2D eigenvalue weighted by Gasteiger charge is -2.32. The maximum atomic E-state index is 13.2. The van der Waals surface area contributed by atoms with Crippen molar-refractivity contribution in [2.24, 2.45) is 0 Å². The number of aromatic nitrogens is 1. The van der Waals surface area contributed by atoms with Crippen molar-refractivity contribution < 1.29 is 13.2 Å². The number of benzene rings is 1. The molecule has 148 valence electrons. The Bertz CT molecular complexity index is 1040. The van der Waals surface area contributed by atoms with E-state index in [1.165, 1.54) is 16.1 Å². The number of aryl methyl sites for hydroxylation is 1. The number of nitrogens with one attached hydrogen (secondary N) is 1. The van der Waals surface area contributed by atoms with Crippen molar-refractivity contribution in [2.45, 2.75) is 38.1 Å². The Balaban J connectivity index is 1.68. The van der Waals surface area contributed by atoms with Crippen molar-refractivity contribution in [1.29, 1.82) is 0 Å². The number of fused-ring (bicyclic) bond motifs is 2. The van der Waals surface area contributed by atoms with Crippen molar-refractivity contribution in [1.82, 2.24) is 9.29 Å². The second kappa shape index (κ2) is 7.46. The summed E-state index contributed by atoms with van der Waals surface area (Å²) < 4.78 is 25.6. The molecule has 1 N–H and O–H groups in total. The van der Waals surface area contributed by atoms with Gasteiger partial charge in [0, 0.05) is 24.3 Å². The number of nitrogens with zero attached hydrogens (tertiary/aromatic N) is 2. The molecule has 1 aliphatic heterocycles. The summed E-state index contributed by atoms with van der Waals surface area (Å²) in [6, 6.07) is 5.28. The van der Waals surface area contributed by atoms with Crippen molar-refractivity contribution in [3.63, 3.8) is 0 Å². The summed E-state index contributed by atoms with van der Waals surface area (Å²) in [7, 11) is -3.42. The zero-order valence-electron chi connectivity index (χ0n) is 15.6. The van der Waals surface area contributed by atoms with Gasteiger partial charge in [-0.1, -0.05) is 17.7 Å². The summed E-state index contributed by atoms with van der Waals surface area (Å²) in [6.45, 7) is 0.345. The summed E-state index contributed by atoms with van der Waals surface area (Å²) >= 11 is 6.15. The first-order chi connectivity index (χ1) is 13.3. The van der Waals surface area contributed by atoms with Crippen LogP contribution in [0, 0.1) is 0 Å². The number of hydrogen-bond acceptors (Lipinski definition) is 4. The highest BCUT2D eigenvalue weighted by Crippen LogP contribution is 2.34. The molecule has 2 aliphatic rings. The molecule has 8 heteroatoms. The molecule has 0 spiro atoms. The molecule has 0 fully saturated rings. The molecule has 1 amide bonds. The molecule has 1 atom stereocenters. The van der Waals surface area contributed by atoms with Gasteiger partial charge in [0.2, 0.25) is 15.9 Å². The van der Waals surface area contributed by atoms with Crippen LogP contribution in [0.25, 0.3) is 0 Å². The second-order valence-corrected chi connectivity index (χ2v) is 9.89. The first kappa shape index (κ1) is 19.4. The van der Waals surface area contributed by atoms with Crippen LogP contribution in [0.15, 0.2) is 30.6 Å². The first-order valence-electron chi connectivity index (χ1n) is 9.33. The molecular formula is C20H22ClN3O3S. The summed E-state index contributed by atoms with van der Waals surface area (Å²) in [6.07, 6.45) is 8.81. The third-order valence-electron chi connectivity index (χ3n) is 5.53. The van der Waals surface area contributed by atoms with Crippen LogP contribution in [-0.4, -0.2) is 36.4 Å². The van der Waals surface area contributed by atoms with Gasteiger partial charge < -0.3 is 5.32 Å². The normalized spacial score (nSPS) is 19.6. The van der Waals surface area contributed by atoms with E-state index in [2.05, 4.69) is 10.3 Å². The minimum Gasteiger partial charge on any atom is -0.324 e. The lowest BCUT2D eigenvalue weighted by Crippen LogP contribution is -2.41. The summed E-state index contributed by atoms with van der Waals surface area (Å²) in [4.78, 5) is 17.5. The van der Waals surface area contributed by atoms with Crippen LogP contribution in [0.4, 0.5) is 5.69 Å². The van der Waals surface area contributed by atoms with Gasteiger partial charge in [-0.3, -0.25) is 9.78 Å². The lowest BCUT2D eigenvalue weighted by atomic mass is 9.89. The third kappa shape index (κ3) is 3.79. The molecule has 1 unspecified atom stereocenters. The largest absolute Gasteiger partial charge is 0.324 e. The van der Waals surface area contributed by atoms with E-state index in [0.29, 0.717) is 5.02 Å². The number of amides is 1. The van der Waals surface area contributed by atoms with Crippen LogP contribution in [0.3, 0.4) is 0 Å². The van der Waals surface area contributed by atoms with E-state index in [0.717, 1.165) is 48.1 Å². The Hall–Kier alpha value is -1.96. The second-order valence-electron chi connectivity index (χ2n) is 7.47. The van der Waals surface area contributed by atoms with Gasteiger partial charge in [0.1, 0.15) is 0 Å². The lowest BCUT2D eigenvalue weighted by molar-refractivity contribution is -0.118. The highest BCUT2D eigenvalue weighted by atomic mass is 35.5. The Labute approximate surface area is 170 Å². The molecule has 1 aromatic carbocycles. The van der Waals surface area contributed by atoms with Crippen LogP contribution >= 0.6 is 11.6 Å². The zero-order chi connectivity index (χ0) is 19.9. The Morgan fingerprint density at radius 2 is 2.00 bits per heavy atom. The molecule has 2 heterocycles. The van der Waals surface area contributed by atoms with Gasteiger partial charge in [0.15, 0.2) is 0 Å². The molecule has 6 nitrogen and oxygen atoms in total. The Morgan fingerprint density at radius 1 is 1.21 bits per heavy atom. The minimum absolute atomic E-state index is 0.0977. The van der Waals surface area contributed by atoms with Gasteiger partial charge in [0.05, 0.1) is 24.1 Å². The van der Waals surface area contributed by atoms with E-state index >= 15 is 0 Å². The highest BCUT2D eigenvalue weighted by molar-refractivity contribution is 7.88. The number of anilines is 1. The van der Waals surface area contributed by atoms with Crippen LogP contribution in [-0.2, 0) is 34.2 Å². The topological polar surface area (TPSA) is 79.4 Å². The fourth-order valence-corrected chi connectivity index (χ4v) is 5.03. The van der Waals surface area contributed by atoms with Gasteiger partial charge in [-0.05, 0) is 60.1 Å². The molecule has 0 bridgehead atoms. The highest BCUT2D eigenvalue weighted by Gasteiger charge is 2.34. The number of rotatable bonds is 3. The minimum atomic E-state index is -3.42. The van der Waals surface area contributed by atoms with E-state index in [1.54, 1.807) is 24.4 Å². The zero-order valence-corrected chi connectivity index (χ0v) is 17.2. The number of pyridine rings is 1. The van der Waals surface area contributed by atoms with Crippen LogP contribution in [0.2, 0.25) is 5.02 Å². The molecule has 0 radical (unpaired) electrons. The van der Waals surface area contributed by atoms with Gasteiger partial charge in [0.25, 0.3) is 0 Å². The molecular weight excluding hydrogens is 398 g/mol. The van der Waals surface area contributed by atoms with E-state index in [1.807, 2.05) is 6.20 Å². The predicted octanol–water partition coefficient (Wildman–Crippen LogP) is 3.11. The summed E-state index contributed by atoms with van der Waals surface area (Å²) in [5.41, 5.74) is 4.62. The Kier molecular flexibility index (Phi) is 5.16. The molecule has 4 rings (SSSR count). The SMILES string of the molecule is CS(=O)(=O)N1Cc2ccc(Cl)cc2C(C(=O)Nc2cncc3c2CCCC3)C1. The maximum Gasteiger partial charge on any atom is 0.233 e. The Morgan fingerprint density at radius 3 is 2.79 bits per heavy atom. The van der Waals surface area contributed by atoms with E-state index in [9.17, 15) is 13.2 Å². The van der Waals surface area contributed by atoms with Crippen LogP contribution in [0.1, 0.15) is 41.0 Å². The van der Waals surface area contributed by atoms with E-state index in [4.69, 9.17) is 11.6 Å². The van der Waals surface area contributed by atoms with Crippen molar-refractivity contribution in [3.8, 4) is 0 Å². The molecule has 1 aliphatic carbocycles. The van der Waals surface area contributed by atoms with Gasteiger partial charge >= 0.3 is 0 Å². The van der Waals surface area contributed by atoms with Crippen molar-refractivity contribution in [3.05, 3.63) is 57.9 Å². The fourth-order valence-electron chi connectivity index (χ4n) is 4.05. The number of sulfonamides is 1. The van der Waals surface area contributed by atoms with Crippen LogP contribution in [0.5, 0.6) is 0 Å². The van der Waals surface area contributed by atoms with E-state index in [-0.39, 0.29) is 19.0 Å². The average molecular weight is 420 g/mol. The molecule has 0 saturated carbocycles. The monoisotopic (exact) mass is 419 g/mol. The molecule has 0 saturated heterocycles. The van der Waals surface area contributed by atoms with Gasteiger partial charge in [-0.25, -0.2) is 8.42 Å².